The highest BCUT2D eigenvalue weighted by molar-refractivity contribution is 5.98. The first-order valence-corrected chi connectivity index (χ1v) is 28.5. The molecule has 1 N–H and O–H groups in total. The number of para-hydroxylation sites is 1. The van der Waals surface area contributed by atoms with Crippen LogP contribution in [0, 0.1) is 0 Å². The van der Waals surface area contributed by atoms with Gasteiger partial charge in [0.05, 0.1) is 30.7 Å². The molecule has 2 aromatic heterocycles. The molecular weight excluding hydrogens is 995 g/mol. The van der Waals surface area contributed by atoms with Gasteiger partial charge in [-0.15, -0.1) is 0 Å². The summed E-state index contributed by atoms with van der Waals surface area (Å²) in [6, 6.07) is 37.2. The minimum atomic E-state index is -4.44. The summed E-state index contributed by atoms with van der Waals surface area (Å²) in [7, 11) is 0. The summed E-state index contributed by atoms with van der Waals surface area (Å²) in [5.41, 5.74) is -0.338. The molecule has 422 valence electrons. The topological polar surface area (TPSA) is 50.9 Å². The van der Waals surface area contributed by atoms with Crippen LogP contribution in [0.2, 0.25) is 0 Å². The van der Waals surface area contributed by atoms with E-state index >= 15 is 0 Å². The molecule has 4 nitrogen and oxygen atoms in total. The predicted octanol–water partition coefficient (Wildman–Crippen LogP) is 21.2. The van der Waals surface area contributed by atoms with E-state index in [1.165, 1.54) is 43.5 Å². The molecule has 0 aliphatic heterocycles. The van der Waals surface area contributed by atoms with Crippen molar-refractivity contribution in [2.24, 2.45) is 0 Å². The monoisotopic (exact) mass is 1100 g/mol. The van der Waals surface area contributed by atoms with E-state index in [1.54, 1.807) is 42.5 Å². The van der Waals surface area contributed by atoms with Crippen LogP contribution in [0.1, 0.15) is 223 Å². The number of aromatic nitrogens is 3. The first-order chi connectivity index (χ1) is 46.4. The number of fused-ring (bicyclic) bond motifs is 3. The van der Waals surface area contributed by atoms with Gasteiger partial charge in [-0.3, -0.25) is 9.55 Å². The van der Waals surface area contributed by atoms with Gasteiger partial charge in [0.15, 0.2) is 0 Å². The Balaban J connectivity index is 1.31. The highest BCUT2D eigenvalue weighted by Crippen LogP contribution is 2.64. The third-order valence-corrected chi connectivity index (χ3v) is 17.3. The zero-order valence-electron chi connectivity index (χ0n) is 69.9. The number of phenols is 1. The second kappa shape index (κ2) is 19.0. The van der Waals surface area contributed by atoms with Crippen molar-refractivity contribution in [2.75, 3.05) is 0 Å². The van der Waals surface area contributed by atoms with Crippen molar-refractivity contribution in [3.05, 3.63) is 190 Å². The third-order valence-electron chi connectivity index (χ3n) is 17.3. The van der Waals surface area contributed by atoms with Crippen LogP contribution in [0.25, 0.3) is 83.9 Å². The van der Waals surface area contributed by atoms with Gasteiger partial charge in [-0.05, 0) is 177 Å². The molecule has 2 aliphatic rings. The summed E-state index contributed by atoms with van der Waals surface area (Å²) in [6.07, 6.45) is 3.65. The van der Waals surface area contributed by atoms with Crippen molar-refractivity contribution in [3.8, 4) is 78.6 Å². The Morgan fingerprint density at radius 1 is 0.476 bits per heavy atom. The van der Waals surface area contributed by atoms with Crippen LogP contribution in [-0.2, 0) is 43.3 Å². The maximum atomic E-state index is 13.4. The average Bonchev–Trinajstić information content (AvgIpc) is 0.752. The van der Waals surface area contributed by atoms with Crippen LogP contribution in [0.3, 0.4) is 0 Å². The van der Waals surface area contributed by atoms with Crippen molar-refractivity contribution in [1.82, 2.24) is 14.5 Å². The van der Waals surface area contributed by atoms with Gasteiger partial charge in [0.1, 0.15) is 11.6 Å². The summed E-state index contributed by atoms with van der Waals surface area (Å²) in [4.78, 5) is 10.4. The van der Waals surface area contributed by atoms with Crippen LogP contribution in [-0.4, -0.2) is 19.6 Å². The lowest BCUT2D eigenvalue weighted by atomic mass is 9.71. The van der Waals surface area contributed by atoms with Gasteiger partial charge in [-0.1, -0.05) is 229 Å². The summed E-state index contributed by atoms with van der Waals surface area (Å²) in [5.74, 6) is -2.34. The number of benzene rings is 7. The van der Waals surface area contributed by atoms with E-state index in [4.69, 9.17) is 34.6 Å². The van der Waals surface area contributed by atoms with Crippen LogP contribution in [0.5, 0.6) is 5.75 Å². The summed E-state index contributed by atoms with van der Waals surface area (Å²) < 4.78 is 183. The van der Waals surface area contributed by atoms with Gasteiger partial charge in [0.25, 0.3) is 0 Å². The molecule has 11 rings (SSSR count). The van der Waals surface area contributed by atoms with E-state index in [-0.39, 0.29) is 38.4 Å². The van der Waals surface area contributed by atoms with Gasteiger partial charge >= 0.3 is 0 Å². The molecule has 0 bridgehead atoms. The average molecular weight is 1100 g/mol. The van der Waals surface area contributed by atoms with Crippen molar-refractivity contribution < 1.29 is 32.5 Å². The molecule has 9 aromatic rings. The number of rotatable bonds is 7. The molecular formula is C78H89N3O. The first kappa shape index (κ1) is 37.2. The lowest BCUT2D eigenvalue weighted by Gasteiger charge is -2.33. The minimum absolute atomic E-state index is 0.0729. The number of hydrogen-bond donors (Lipinski definition) is 1. The van der Waals surface area contributed by atoms with E-state index < -0.39 is 103 Å². The number of pyridine rings is 1. The van der Waals surface area contributed by atoms with Crippen LogP contribution in [0.15, 0.2) is 146 Å². The Morgan fingerprint density at radius 3 is 1.59 bits per heavy atom. The molecule has 82 heavy (non-hydrogen) atoms. The summed E-state index contributed by atoms with van der Waals surface area (Å²) in [6.45, 7) is 5.02. The maximum Gasteiger partial charge on any atom is 0.149 e. The van der Waals surface area contributed by atoms with Crippen LogP contribution >= 0.6 is 0 Å². The number of hydrogen-bond acceptors (Lipinski definition) is 3. The fraction of sp³-hybridized carbons (Fsp3) is 0.385. The molecule has 0 saturated heterocycles. The molecule has 0 unspecified atom stereocenters. The maximum absolute atomic E-state index is 13.4. The Labute approximate surface area is 519 Å². The van der Waals surface area contributed by atoms with Crippen molar-refractivity contribution in [3.63, 3.8) is 0 Å². The fourth-order valence-corrected chi connectivity index (χ4v) is 14.2. The molecule has 0 saturated carbocycles. The Bertz CT molecular complexity index is 4630. The summed E-state index contributed by atoms with van der Waals surface area (Å²) >= 11 is 0. The van der Waals surface area contributed by atoms with E-state index in [0.717, 1.165) is 29.5 Å². The van der Waals surface area contributed by atoms with Crippen LogP contribution in [0.4, 0.5) is 0 Å². The van der Waals surface area contributed by atoms with E-state index in [1.807, 2.05) is 63.4 Å². The molecule has 7 aromatic carbocycles. The largest absolute Gasteiger partial charge is 0.507 e. The molecule has 0 fully saturated rings. The highest BCUT2D eigenvalue weighted by atomic mass is 16.3. The molecule has 0 amide bonds. The minimum Gasteiger partial charge on any atom is -0.507 e. The van der Waals surface area contributed by atoms with Gasteiger partial charge in [0.2, 0.25) is 0 Å². The lowest BCUT2D eigenvalue weighted by molar-refractivity contribution is 0.396. The van der Waals surface area contributed by atoms with Crippen molar-refractivity contribution >= 4 is 11.0 Å². The standard InChI is InChI=1S/C78H89N3O/c1-71(2,3)52-34-35-60(56(42-52)47-28-23-21-24-29-47)81-61-33-27-32-55(68(61)80-70(81)57-43-54(73(7,8)9)44-58(69(57)82)74(10,11)12)50-38-51(40-53(39-50)72(4,5)6)59-41-49(36-37-79-59)63-66-64(75(13,14)45-77(66,17)18)62(48-30-25-22-26-31-48)65-67(63)78(19,20)46-76(65,15)16/h21-44,82H,45-46H2,1-20H3/i7D3,8D3,9D3,10D3,11D3,12D3,43D,44D. The Morgan fingerprint density at radius 2 is 1.02 bits per heavy atom. The highest BCUT2D eigenvalue weighted by Gasteiger charge is 2.53. The molecule has 2 heterocycles. The molecule has 0 spiro atoms. The molecule has 2 aliphatic carbocycles. The number of imidazole rings is 1. The van der Waals surface area contributed by atoms with E-state index in [9.17, 15) is 7.85 Å². The molecule has 4 heteroatoms. The molecule has 0 atom stereocenters. The van der Waals surface area contributed by atoms with Crippen molar-refractivity contribution in [2.45, 2.75) is 194 Å². The lowest BCUT2D eigenvalue weighted by Crippen LogP contribution is -2.20. The zero-order chi connectivity index (χ0) is 76.0. The van der Waals surface area contributed by atoms with Gasteiger partial charge in [-0.2, -0.15) is 0 Å². The zero-order valence-corrected chi connectivity index (χ0v) is 49.9. The third kappa shape index (κ3) is 9.64. The van der Waals surface area contributed by atoms with Gasteiger partial charge in [0, 0.05) is 53.1 Å². The van der Waals surface area contributed by atoms with E-state index in [0.29, 0.717) is 33.5 Å². The van der Waals surface area contributed by atoms with Crippen molar-refractivity contribution in [1.29, 1.82) is 0 Å². The second-order valence-corrected chi connectivity index (χ2v) is 28.0. The van der Waals surface area contributed by atoms with Gasteiger partial charge in [-0.25, -0.2) is 4.98 Å². The second-order valence-electron chi connectivity index (χ2n) is 28.0. The summed E-state index contributed by atoms with van der Waals surface area (Å²) in [5, 5.41) is 13.4. The van der Waals surface area contributed by atoms with Gasteiger partial charge < -0.3 is 5.11 Å². The fourth-order valence-electron chi connectivity index (χ4n) is 14.2. The number of nitrogens with zero attached hydrogens (tertiary/aromatic N) is 3. The first-order valence-electron chi connectivity index (χ1n) is 38.5. The SMILES string of the molecule is [2H]c1c(-c2nc3c(-c4cc(-c5cc(-c6c7c(c(-c8ccccc8)c8c6C(C)(C)CC8(C)C)C(C)(C)CC7(C)C)ccn5)cc(C(C)(C)C)c4)cccc3n2-c2ccc(C(C)(C)C)cc2-c2ccccc2)c(O)c(C(C([2H])([2H])[2H])(C([2H])([2H])[2H])C([2H])([2H])[2H])c([2H])c1C(C([2H])([2H])[2H])(C([2H])([2H])[2H])C([2H])([2H])[2H]. The normalized spacial score (nSPS) is 20.9. The predicted molar refractivity (Wildman–Crippen MR) is 349 cm³/mol. The van der Waals surface area contributed by atoms with Crippen LogP contribution < -0.4 is 0 Å². The quantitative estimate of drug-likeness (QED) is 0.173. The number of aromatic hydroxyl groups is 1. The smallest absolute Gasteiger partial charge is 0.149 e. The Kier molecular flexibility index (Phi) is 8.62. The van der Waals surface area contributed by atoms with E-state index in [2.05, 4.69) is 125 Å². The Hall–Kier alpha value is -7.04. The number of phenolic OH excluding ortho intramolecular Hbond substituents is 1. The molecule has 0 radical (unpaired) electrons.